The van der Waals surface area contributed by atoms with E-state index in [-0.39, 0.29) is 17.5 Å². The molecule has 3 N–H and O–H groups in total. The Morgan fingerprint density at radius 2 is 2.33 bits per heavy atom. The summed E-state index contributed by atoms with van der Waals surface area (Å²) in [6.07, 6.45) is 1.37. The van der Waals surface area contributed by atoms with E-state index < -0.39 is 10.0 Å². The van der Waals surface area contributed by atoms with Crippen molar-refractivity contribution in [2.75, 3.05) is 0 Å². The number of aromatic nitrogens is 1. The van der Waals surface area contributed by atoms with Crippen LogP contribution in [0.15, 0.2) is 34.7 Å². The molecule has 0 aliphatic heterocycles. The zero-order valence-corrected chi connectivity index (χ0v) is 11.4. The third-order valence-electron chi connectivity index (χ3n) is 2.50. The van der Waals surface area contributed by atoms with Gasteiger partial charge in [-0.1, -0.05) is 6.07 Å². The second-order valence-corrected chi connectivity index (χ2v) is 6.57. The second-order valence-electron chi connectivity index (χ2n) is 3.88. The molecule has 5 nitrogen and oxygen atoms in total. The van der Waals surface area contributed by atoms with Crippen molar-refractivity contribution in [1.82, 2.24) is 9.71 Å². The normalized spacial score (nSPS) is 13.7. The third kappa shape index (κ3) is 2.81. The molecule has 0 saturated carbocycles. The molecule has 0 aliphatic rings. The summed E-state index contributed by atoms with van der Waals surface area (Å²) in [5.41, 5.74) is 0.471. The monoisotopic (exact) mass is 286 g/mol. The molecule has 0 radical (unpaired) electrons. The Balaban J connectivity index is 2.17. The molecule has 0 fully saturated rings. The second kappa shape index (κ2) is 5.23. The number of hydrogen-bond donors (Lipinski definition) is 3. The molecular weight excluding hydrogens is 272 g/mol. The molecule has 0 amide bonds. The highest BCUT2D eigenvalue weighted by Crippen LogP contribution is 2.21. The van der Waals surface area contributed by atoms with Crippen molar-refractivity contribution in [3.63, 3.8) is 0 Å². The van der Waals surface area contributed by atoms with Crippen LogP contribution < -0.4 is 4.72 Å². The van der Waals surface area contributed by atoms with Gasteiger partial charge in [-0.25, -0.2) is 13.1 Å². The van der Waals surface area contributed by atoms with Crippen LogP contribution in [0.4, 0.5) is 0 Å². The lowest BCUT2D eigenvalue weighted by Crippen LogP contribution is -2.26. The van der Waals surface area contributed by atoms with E-state index in [9.17, 15) is 8.42 Å². The van der Waals surface area contributed by atoms with Crippen molar-refractivity contribution < 1.29 is 13.5 Å². The molecule has 7 heteroatoms. The van der Waals surface area contributed by atoms with Crippen molar-refractivity contribution in [3.8, 4) is 0 Å². The van der Waals surface area contributed by atoms with Gasteiger partial charge < -0.3 is 10.1 Å². The van der Waals surface area contributed by atoms with Crippen LogP contribution in [0.1, 0.15) is 23.5 Å². The van der Waals surface area contributed by atoms with Crippen LogP contribution in [0.3, 0.4) is 0 Å². The summed E-state index contributed by atoms with van der Waals surface area (Å²) in [4.78, 5) is 3.79. The van der Waals surface area contributed by atoms with Crippen molar-refractivity contribution >= 4 is 21.4 Å². The smallest absolute Gasteiger partial charge is 0.242 e. The number of rotatable bonds is 5. The van der Waals surface area contributed by atoms with Crippen LogP contribution in [-0.4, -0.2) is 18.5 Å². The van der Waals surface area contributed by atoms with E-state index >= 15 is 0 Å². The molecule has 1 unspecified atom stereocenters. The Kier molecular flexibility index (Phi) is 3.86. The number of hydrogen-bond acceptors (Lipinski definition) is 4. The molecule has 2 aromatic rings. The average Bonchev–Trinajstić information content (AvgIpc) is 3.00. The lowest BCUT2D eigenvalue weighted by atomic mass is 10.3. The fraction of sp³-hybridized carbons (Fsp3) is 0.273. The Hall–Kier alpha value is -1.15. The molecule has 98 valence electrons. The van der Waals surface area contributed by atoms with E-state index in [1.54, 1.807) is 6.92 Å². The van der Waals surface area contributed by atoms with Gasteiger partial charge in [-0.05, 0) is 24.4 Å². The van der Waals surface area contributed by atoms with Crippen LogP contribution in [0, 0.1) is 0 Å². The van der Waals surface area contributed by atoms with Crippen LogP contribution in [0.5, 0.6) is 0 Å². The summed E-state index contributed by atoms with van der Waals surface area (Å²) in [5.74, 6) is 0. The molecule has 1 atom stereocenters. The predicted molar refractivity (Wildman–Crippen MR) is 69.8 cm³/mol. The molecule has 18 heavy (non-hydrogen) atoms. The largest absolute Gasteiger partial charge is 0.390 e. The van der Waals surface area contributed by atoms with Crippen LogP contribution in [0.2, 0.25) is 0 Å². The number of sulfonamides is 1. The Bertz CT molecular complexity index is 602. The van der Waals surface area contributed by atoms with Crippen molar-refractivity contribution in [1.29, 1.82) is 0 Å². The highest BCUT2D eigenvalue weighted by molar-refractivity contribution is 7.89. The number of aliphatic hydroxyl groups excluding tert-OH is 1. The van der Waals surface area contributed by atoms with Crippen LogP contribution in [0.25, 0.3) is 0 Å². The zero-order chi connectivity index (χ0) is 13.2. The molecule has 0 bridgehead atoms. The lowest BCUT2D eigenvalue weighted by Gasteiger charge is -2.11. The quantitative estimate of drug-likeness (QED) is 0.781. The number of nitrogens with one attached hydrogen (secondary N) is 2. The fourth-order valence-corrected chi connectivity index (χ4v) is 3.61. The minimum atomic E-state index is -3.56. The summed E-state index contributed by atoms with van der Waals surface area (Å²) in [6, 6.07) is 4.91. The van der Waals surface area contributed by atoms with E-state index in [1.807, 2.05) is 17.5 Å². The Labute approximate surface area is 110 Å². The minimum absolute atomic E-state index is 0.134. The van der Waals surface area contributed by atoms with Gasteiger partial charge in [0, 0.05) is 16.8 Å². The molecular formula is C11H14N2O3S2. The summed E-state index contributed by atoms with van der Waals surface area (Å²) >= 11 is 1.50. The van der Waals surface area contributed by atoms with Gasteiger partial charge >= 0.3 is 0 Å². The maximum atomic E-state index is 12.1. The van der Waals surface area contributed by atoms with Gasteiger partial charge in [-0.3, -0.25) is 0 Å². The first-order valence-corrected chi connectivity index (χ1v) is 7.73. The zero-order valence-electron chi connectivity index (χ0n) is 9.75. The Morgan fingerprint density at radius 3 is 2.89 bits per heavy atom. The van der Waals surface area contributed by atoms with E-state index in [1.165, 1.54) is 23.6 Å². The van der Waals surface area contributed by atoms with E-state index in [2.05, 4.69) is 9.71 Å². The predicted octanol–water partition coefficient (Wildman–Crippen LogP) is 1.61. The SMILES string of the molecule is CC(NS(=O)(=O)c1c[nH]c(CO)c1)c1cccs1. The third-order valence-corrected chi connectivity index (χ3v) is 5.07. The molecule has 0 saturated heterocycles. The van der Waals surface area contributed by atoms with Gasteiger partial charge in [-0.15, -0.1) is 11.3 Å². The molecule has 0 aliphatic carbocycles. The highest BCUT2D eigenvalue weighted by atomic mass is 32.2. The number of aromatic amines is 1. The summed E-state index contributed by atoms with van der Waals surface area (Å²) < 4.78 is 26.7. The van der Waals surface area contributed by atoms with Crippen LogP contribution in [-0.2, 0) is 16.6 Å². The van der Waals surface area contributed by atoms with E-state index in [0.29, 0.717) is 5.69 Å². The Morgan fingerprint density at radius 1 is 1.56 bits per heavy atom. The van der Waals surface area contributed by atoms with E-state index in [0.717, 1.165) is 4.88 Å². The first kappa shape index (κ1) is 13.3. The molecule has 2 rings (SSSR count). The maximum Gasteiger partial charge on any atom is 0.242 e. The number of H-pyrrole nitrogens is 1. The van der Waals surface area contributed by atoms with Gasteiger partial charge in [0.25, 0.3) is 0 Å². The molecule has 0 aromatic carbocycles. The molecule has 2 aromatic heterocycles. The van der Waals surface area contributed by atoms with Gasteiger partial charge in [0.1, 0.15) is 0 Å². The summed E-state index contributed by atoms with van der Waals surface area (Å²) in [6.45, 7) is 1.58. The number of aliphatic hydroxyl groups is 1. The standard InChI is InChI=1S/C11H14N2O3S2/c1-8(11-3-2-4-17-11)13-18(15,16)10-5-9(7-14)12-6-10/h2-6,8,12-14H,7H2,1H3. The van der Waals surface area contributed by atoms with E-state index in [4.69, 9.17) is 5.11 Å². The minimum Gasteiger partial charge on any atom is -0.390 e. The summed E-state index contributed by atoms with van der Waals surface area (Å²) in [5, 5.41) is 10.8. The van der Waals surface area contributed by atoms with Gasteiger partial charge in [0.05, 0.1) is 17.5 Å². The first-order valence-electron chi connectivity index (χ1n) is 5.37. The van der Waals surface area contributed by atoms with Crippen molar-refractivity contribution in [2.45, 2.75) is 24.5 Å². The van der Waals surface area contributed by atoms with Crippen molar-refractivity contribution in [2.24, 2.45) is 0 Å². The van der Waals surface area contributed by atoms with Gasteiger partial charge in [-0.2, -0.15) is 0 Å². The maximum absolute atomic E-state index is 12.1. The average molecular weight is 286 g/mol. The fourth-order valence-electron chi connectivity index (χ4n) is 1.56. The summed E-state index contributed by atoms with van der Waals surface area (Å²) in [7, 11) is -3.56. The van der Waals surface area contributed by atoms with Gasteiger partial charge in [0.15, 0.2) is 0 Å². The number of thiophene rings is 1. The first-order chi connectivity index (χ1) is 8.53. The van der Waals surface area contributed by atoms with Crippen molar-refractivity contribution in [3.05, 3.63) is 40.3 Å². The van der Waals surface area contributed by atoms with Gasteiger partial charge in [0.2, 0.25) is 10.0 Å². The van der Waals surface area contributed by atoms with Crippen LogP contribution >= 0.6 is 11.3 Å². The lowest BCUT2D eigenvalue weighted by molar-refractivity contribution is 0.277. The highest BCUT2D eigenvalue weighted by Gasteiger charge is 2.20. The molecule has 2 heterocycles. The topological polar surface area (TPSA) is 82.2 Å². The molecule has 0 spiro atoms.